The van der Waals surface area contributed by atoms with E-state index in [1.807, 2.05) is 6.92 Å². The third-order valence-corrected chi connectivity index (χ3v) is 2.87. The fourth-order valence-corrected chi connectivity index (χ4v) is 1.62. The lowest BCUT2D eigenvalue weighted by Gasteiger charge is -2.15. The molecule has 1 rings (SSSR count). The molecule has 1 aromatic rings. The zero-order valence-corrected chi connectivity index (χ0v) is 11.1. The number of carboxylic acid groups (broad SMARTS) is 1. The smallest absolute Gasteiger partial charge is 0.330 e. The first kappa shape index (κ1) is 15.2. The lowest BCUT2D eigenvalue weighted by atomic mass is 10.1. The number of rotatable bonds is 7. The summed E-state index contributed by atoms with van der Waals surface area (Å²) in [4.78, 5) is 22.9. The second-order valence-electron chi connectivity index (χ2n) is 4.33. The molecule has 19 heavy (non-hydrogen) atoms. The molecule has 2 N–H and O–H groups in total. The molecular weight excluding hydrogens is 246 g/mol. The van der Waals surface area contributed by atoms with E-state index in [2.05, 4.69) is 5.32 Å². The van der Waals surface area contributed by atoms with Gasteiger partial charge < -0.3 is 15.2 Å². The Hall–Kier alpha value is -1.88. The standard InChI is InChI=1S/C14H19NO4/c1-10(19-2)8-9-12(16)15-13(14(17)18)11-6-4-3-5-7-11/h3-7,10,13H,8-9H2,1-2H3,(H,15,16)(H,17,18)/t10?,13-/m1/s1. The van der Waals surface area contributed by atoms with E-state index >= 15 is 0 Å². The normalized spacial score (nSPS) is 13.6. The van der Waals surface area contributed by atoms with Gasteiger partial charge in [0.15, 0.2) is 6.04 Å². The van der Waals surface area contributed by atoms with Gasteiger partial charge >= 0.3 is 5.97 Å². The van der Waals surface area contributed by atoms with Gasteiger partial charge in [-0.15, -0.1) is 0 Å². The third-order valence-electron chi connectivity index (χ3n) is 2.87. The van der Waals surface area contributed by atoms with Crippen LogP contribution in [0.4, 0.5) is 0 Å². The van der Waals surface area contributed by atoms with Crippen LogP contribution in [0.25, 0.3) is 0 Å². The monoisotopic (exact) mass is 265 g/mol. The van der Waals surface area contributed by atoms with Gasteiger partial charge in [-0.3, -0.25) is 4.79 Å². The molecule has 104 valence electrons. The maximum Gasteiger partial charge on any atom is 0.330 e. The lowest BCUT2D eigenvalue weighted by molar-refractivity contribution is -0.142. The highest BCUT2D eigenvalue weighted by Crippen LogP contribution is 2.13. The molecule has 5 heteroatoms. The first-order chi connectivity index (χ1) is 9.04. The minimum Gasteiger partial charge on any atom is -0.479 e. The number of carbonyl (C=O) groups excluding carboxylic acids is 1. The lowest BCUT2D eigenvalue weighted by Crippen LogP contribution is -2.34. The summed E-state index contributed by atoms with van der Waals surface area (Å²) in [6.45, 7) is 1.86. The Labute approximate surface area is 112 Å². The molecule has 0 fully saturated rings. The molecule has 1 unspecified atom stereocenters. The summed E-state index contributed by atoms with van der Waals surface area (Å²) in [6, 6.07) is 7.62. The first-order valence-corrected chi connectivity index (χ1v) is 6.14. The Balaban J connectivity index is 2.60. The van der Waals surface area contributed by atoms with Crippen molar-refractivity contribution < 1.29 is 19.4 Å². The van der Waals surface area contributed by atoms with Gasteiger partial charge in [-0.2, -0.15) is 0 Å². The van der Waals surface area contributed by atoms with Crippen molar-refractivity contribution in [3.63, 3.8) is 0 Å². The first-order valence-electron chi connectivity index (χ1n) is 6.14. The molecule has 0 heterocycles. The van der Waals surface area contributed by atoms with Crippen molar-refractivity contribution >= 4 is 11.9 Å². The molecular formula is C14H19NO4. The van der Waals surface area contributed by atoms with E-state index in [4.69, 9.17) is 9.84 Å². The van der Waals surface area contributed by atoms with Gasteiger partial charge in [0.25, 0.3) is 0 Å². The van der Waals surface area contributed by atoms with Gasteiger partial charge in [0.2, 0.25) is 5.91 Å². The molecule has 0 aliphatic rings. The van der Waals surface area contributed by atoms with Crippen LogP contribution in [0, 0.1) is 0 Å². The molecule has 5 nitrogen and oxygen atoms in total. The molecule has 0 aliphatic heterocycles. The average Bonchev–Trinajstić information content (AvgIpc) is 2.42. The Kier molecular flexibility index (Phi) is 6.02. The number of aliphatic carboxylic acids is 1. The summed E-state index contributed by atoms with van der Waals surface area (Å²) < 4.78 is 5.04. The second kappa shape index (κ2) is 7.53. The van der Waals surface area contributed by atoms with Crippen LogP contribution in [-0.2, 0) is 14.3 Å². The fourth-order valence-electron chi connectivity index (χ4n) is 1.62. The van der Waals surface area contributed by atoms with Crippen LogP contribution in [0.5, 0.6) is 0 Å². The van der Waals surface area contributed by atoms with Crippen molar-refractivity contribution in [1.29, 1.82) is 0 Å². The summed E-state index contributed by atoms with van der Waals surface area (Å²) in [5, 5.41) is 11.7. The molecule has 0 bridgehead atoms. The Morgan fingerprint density at radius 3 is 2.47 bits per heavy atom. The number of benzene rings is 1. The predicted octanol–water partition coefficient (Wildman–Crippen LogP) is 1.74. The summed E-state index contributed by atoms with van der Waals surface area (Å²) >= 11 is 0. The Morgan fingerprint density at radius 2 is 1.95 bits per heavy atom. The number of amides is 1. The third kappa shape index (κ3) is 5.09. The summed E-state index contributed by atoms with van der Waals surface area (Å²) in [5.41, 5.74) is 0.558. The summed E-state index contributed by atoms with van der Waals surface area (Å²) in [6.07, 6.45) is 0.778. The minimum absolute atomic E-state index is 0.0225. The molecule has 1 aromatic carbocycles. The molecule has 0 saturated heterocycles. The number of carbonyl (C=O) groups is 2. The van der Waals surface area contributed by atoms with Crippen LogP contribution < -0.4 is 5.32 Å². The number of hydrogen-bond acceptors (Lipinski definition) is 3. The highest BCUT2D eigenvalue weighted by atomic mass is 16.5. The molecule has 0 radical (unpaired) electrons. The Morgan fingerprint density at radius 1 is 1.32 bits per heavy atom. The number of nitrogens with one attached hydrogen (secondary N) is 1. The molecule has 1 amide bonds. The topological polar surface area (TPSA) is 75.6 Å². The zero-order valence-electron chi connectivity index (χ0n) is 11.1. The van der Waals surface area contributed by atoms with Crippen LogP contribution in [0.1, 0.15) is 31.4 Å². The summed E-state index contributed by atoms with van der Waals surface area (Å²) in [5.74, 6) is -1.36. The van der Waals surface area contributed by atoms with Gasteiger partial charge in [0.05, 0.1) is 6.10 Å². The van der Waals surface area contributed by atoms with Crippen molar-refractivity contribution in [2.75, 3.05) is 7.11 Å². The molecule has 0 aromatic heterocycles. The van der Waals surface area contributed by atoms with Gasteiger partial charge in [0, 0.05) is 13.5 Å². The van der Waals surface area contributed by atoms with E-state index in [1.54, 1.807) is 37.4 Å². The van der Waals surface area contributed by atoms with Crippen molar-refractivity contribution in [3.8, 4) is 0 Å². The fraction of sp³-hybridized carbons (Fsp3) is 0.429. The second-order valence-corrected chi connectivity index (χ2v) is 4.33. The molecule has 0 aliphatic carbocycles. The predicted molar refractivity (Wildman–Crippen MR) is 70.7 cm³/mol. The largest absolute Gasteiger partial charge is 0.479 e. The van der Waals surface area contributed by atoms with E-state index < -0.39 is 12.0 Å². The van der Waals surface area contributed by atoms with E-state index in [0.29, 0.717) is 12.0 Å². The van der Waals surface area contributed by atoms with Gasteiger partial charge in [0.1, 0.15) is 0 Å². The summed E-state index contributed by atoms with van der Waals surface area (Å²) in [7, 11) is 1.58. The molecule has 0 spiro atoms. The highest BCUT2D eigenvalue weighted by molar-refractivity contribution is 5.84. The van der Waals surface area contributed by atoms with E-state index in [1.165, 1.54) is 0 Å². The highest BCUT2D eigenvalue weighted by Gasteiger charge is 2.21. The van der Waals surface area contributed by atoms with Gasteiger partial charge in [-0.25, -0.2) is 4.79 Å². The molecule has 0 saturated carbocycles. The SMILES string of the molecule is COC(C)CCC(=O)N[C@@H](C(=O)O)c1ccccc1. The van der Waals surface area contributed by atoms with E-state index in [-0.39, 0.29) is 18.4 Å². The van der Waals surface area contributed by atoms with Crippen LogP contribution in [-0.4, -0.2) is 30.2 Å². The van der Waals surface area contributed by atoms with E-state index in [9.17, 15) is 9.59 Å². The van der Waals surface area contributed by atoms with Crippen molar-refractivity contribution in [2.45, 2.75) is 31.9 Å². The van der Waals surface area contributed by atoms with Crippen LogP contribution in [0.15, 0.2) is 30.3 Å². The number of hydrogen-bond donors (Lipinski definition) is 2. The maximum absolute atomic E-state index is 11.7. The minimum atomic E-state index is -1.07. The quantitative estimate of drug-likeness (QED) is 0.787. The van der Waals surface area contributed by atoms with Crippen LogP contribution >= 0.6 is 0 Å². The van der Waals surface area contributed by atoms with E-state index in [0.717, 1.165) is 0 Å². The van der Waals surface area contributed by atoms with Crippen molar-refractivity contribution in [2.24, 2.45) is 0 Å². The maximum atomic E-state index is 11.7. The van der Waals surface area contributed by atoms with Crippen molar-refractivity contribution in [1.82, 2.24) is 5.32 Å². The molecule has 2 atom stereocenters. The van der Waals surface area contributed by atoms with Crippen LogP contribution in [0.2, 0.25) is 0 Å². The number of carboxylic acids is 1. The van der Waals surface area contributed by atoms with Gasteiger partial charge in [-0.05, 0) is 18.9 Å². The van der Waals surface area contributed by atoms with Gasteiger partial charge in [-0.1, -0.05) is 30.3 Å². The van der Waals surface area contributed by atoms with Crippen LogP contribution in [0.3, 0.4) is 0 Å². The van der Waals surface area contributed by atoms with Crippen molar-refractivity contribution in [3.05, 3.63) is 35.9 Å². The Bertz CT molecular complexity index is 419. The number of methoxy groups -OCH3 is 1. The average molecular weight is 265 g/mol. The number of ether oxygens (including phenoxy) is 1. The zero-order chi connectivity index (χ0) is 14.3.